The molecule has 1 aromatic heterocycles. The summed E-state index contributed by atoms with van der Waals surface area (Å²) in [5.74, 6) is -1.49. The number of aromatic nitrogens is 1. The van der Waals surface area contributed by atoms with Gasteiger partial charge in [-0.2, -0.15) is 0 Å². The largest absolute Gasteiger partial charge is 0.481 e. The topological polar surface area (TPSA) is 112 Å². The number of nitrogens with one attached hydrogen (secondary N) is 2. The lowest BCUT2D eigenvalue weighted by molar-refractivity contribution is -0.158. The minimum atomic E-state index is -1.06. The molecule has 1 aliphatic carbocycles. The quantitative estimate of drug-likeness (QED) is 0.562. The highest BCUT2D eigenvalue weighted by Gasteiger charge is 2.52. The Kier molecular flexibility index (Phi) is 7.02. The maximum Gasteiger partial charge on any atom is 0.311 e. The number of amides is 2. The number of rotatable bonds is 6. The Balaban J connectivity index is 1.43. The number of nitrogens with zero attached hydrogens (tertiary/aromatic N) is 2. The van der Waals surface area contributed by atoms with Crippen molar-refractivity contribution in [3.8, 4) is 10.6 Å². The van der Waals surface area contributed by atoms with Crippen LogP contribution in [0.25, 0.3) is 10.6 Å². The number of carbonyl (C=O) groups is 3. The van der Waals surface area contributed by atoms with Gasteiger partial charge in [0.05, 0.1) is 5.41 Å². The van der Waals surface area contributed by atoms with Gasteiger partial charge in [0.15, 0.2) is 0 Å². The van der Waals surface area contributed by atoms with Gasteiger partial charge in [0.25, 0.3) is 5.91 Å². The molecule has 35 heavy (non-hydrogen) atoms. The summed E-state index contributed by atoms with van der Waals surface area (Å²) in [5.41, 5.74) is 0.0366. The van der Waals surface area contributed by atoms with Gasteiger partial charge in [-0.1, -0.05) is 30.3 Å². The van der Waals surface area contributed by atoms with E-state index in [1.165, 1.54) is 11.3 Å². The zero-order chi connectivity index (χ0) is 25.4. The summed E-state index contributed by atoms with van der Waals surface area (Å²) in [6.07, 6.45) is 2.31. The van der Waals surface area contributed by atoms with Crippen molar-refractivity contribution in [2.45, 2.75) is 77.0 Å². The number of benzene rings is 1. The summed E-state index contributed by atoms with van der Waals surface area (Å²) in [6.45, 7) is 8.38. The predicted molar refractivity (Wildman–Crippen MR) is 135 cm³/mol. The highest BCUT2D eigenvalue weighted by molar-refractivity contribution is 7.13. The van der Waals surface area contributed by atoms with Crippen molar-refractivity contribution >= 4 is 29.1 Å². The summed E-state index contributed by atoms with van der Waals surface area (Å²) >= 11 is 1.38. The Hall–Kier alpha value is -2.78. The van der Waals surface area contributed by atoms with Crippen LogP contribution in [-0.2, 0) is 9.59 Å². The van der Waals surface area contributed by atoms with Gasteiger partial charge in [0.2, 0.25) is 5.91 Å². The van der Waals surface area contributed by atoms with Crippen LogP contribution < -0.4 is 10.6 Å². The normalized spacial score (nSPS) is 27.1. The maximum absolute atomic E-state index is 13.3. The Morgan fingerprint density at radius 2 is 1.89 bits per heavy atom. The molecule has 1 saturated carbocycles. The fraction of sp³-hybridized carbons (Fsp3) is 0.538. The van der Waals surface area contributed by atoms with Crippen molar-refractivity contribution in [1.29, 1.82) is 0 Å². The monoisotopic (exact) mass is 498 g/mol. The molecule has 4 rings (SSSR count). The third-order valence-corrected chi connectivity index (χ3v) is 7.89. The van der Waals surface area contributed by atoms with Crippen LogP contribution in [0.1, 0.15) is 63.9 Å². The SMILES string of the molecule is CC(C)(C)NC1CCC(N2CC[C@H](NC(=O)c3csc(-c4ccccc4)n3)C2=O)C(C)(C(=O)O)C1. The van der Waals surface area contributed by atoms with E-state index in [4.69, 9.17) is 0 Å². The predicted octanol–water partition coefficient (Wildman–Crippen LogP) is 3.54. The minimum Gasteiger partial charge on any atom is -0.481 e. The zero-order valence-electron chi connectivity index (χ0n) is 20.7. The van der Waals surface area contributed by atoms with E-state index in [-0.39, 0.29) is 29.1 Å². The molecule has 3 unspecified atom stereocenters. The maximum atomic E-state index is 13.3. The number of carboxylic acid groups (broad SMARTS) is 1. The van der Waals surface area contributed by atoms with Crippen LogP contribution >= 0.6 is 11.3 Å². The van der Waals surface area contributed by atoms with E-state index in [1.54, 1.807) is 17.2 Å². The summed E-state index contributed by atoms with van der Waals surface area (Å²) in [5, 5.41) is 18.9. The highest BCUT2D eigenvalue weighted by Crippen LogP contribution is 2.41. The average Bonchev–Trinajstić information content (AvgIpc) is 3.41. The van der Waals surface area contributed by atoms with Gasteiger partial charge in [-0.15, -0.1) is 11.3 Å². The fourth-order valence-corrected chi connectivity index (χ4v) is 6.17. The van der Waals surface area contributed by atoms with E-state index in [9.17, 15) is 19.5 Å². The van der Waals surface area contributed by atoms with Gasteiger partial charge < -0.3 is 20.6 Å². The Morgan fingerprint density at radius 1 is 1.17 bits per heavy atom. The lowest BCUT2D eigenvalue weighted by Gasteiger charge is -2.47. The first-order chi connectivity index (χ1) is 16.5. The number of aliphatic carboxylic acids is 1. The van der Waals surface area contributed by atoms with Crippen LogP contribution in [0.15, 0.2) is 35.7 Å². The second-order valence-electron chi connectivity index (χ2n) is 10.9. The molecule has 1 aromatic carbocycles. The molecule has 9 heteroatoms. The van der Waals surface area contributed by atoms with Crippen LogP contribution in [0.2, 0.25) is 0 Å². The van der Waals surface area contributed by atoms with E-state index in [0.29, 0.717) is 25.8 Å². The van der Waals surface area contributed by atoms with Crippen molar-refractivity contribution in [2.75, 3.05) is 6.54 Å². The number of hydrogen-bond acceptors (Lipinski definition) is 6. The lowest BCUT2D eigenvalue weighted by Crippen LogP contribution is -2.59. The molecule has 0 bridgehead atoms. The van der Waals surface area contributed by atoms with Crippen LogP contribution in [0, 0.1) is 5.41 Å². The molecule has 2 amide bonds. The van der Waals surface area contributed by atoms with Crippen LogP contribution in [0.4, 0.5) is 0 Å². The molecule has 3 N–H and O–H groups in total. The van der Waals surface area contributed by atoms with E-state index in [0.717, 1.165) is 17.0 Å². The second-order valence-corrected chi connectivity index (χ2v) is 11.7. The highest BCUT2D eigenvalue weighted by atomic mass is 32.1. The zero-order valence-corrected chi connectivity index (χ0v) is 21.5. The summed E-state index contributed by atoms with van der Waals surface area (Å²) < 4.78 is 0. The third kappa shape index (κ3) is 5.41. The van der Waals surface area contributed by atoms with Crippen molar-refractivity contribution < 1.29 is 19.5 Å². The molecule has 0 spiro atoms. The molecule has 1 saturated heterocycles. The minimum absolute atomic E-state index is 0.0732. The Bertz CT molecular complexity index is 1100. The number of carboxylic acids is 1. The first-order valence-electron chi connectivity index (χ1n) is 12.1. The molecule has 1 aliphatic heterocycles. The van der Waals surface area contributed by atoms with E-state index in [1.807, 2.05) is 30.3 Å². The van der Waals surface area contributed by atoms with Crippen LogP contribution in [0.5, 0.6) is 0 Å². The summed E-state index contributed by atoms with van der Waals surface area (Å²) in [4.78, 5) is 44.7. The first kappa shape index (κ1) is 25.3. The molecule has 4 atom stereocenters. The molecule has 8 nitrogen and oxygen atoms in total. The van der Waals surface area contributed by atoms with E-state index >= 15 is 0 Å². The molecule has 0 radical (unpaired) electrons. The number of thiazole rings is 1. The Morgan fingerprint density at radius 3 is 2.54 bits per heavy atom. The second kappa shape index (κ2) is 9.70. The van der Waals surface area contributed by atoms with Gasteiger partial charge >= 0.3 is 5.97 Å². The van der Waals surface area contributed by atoms with Gasteiger partial charge in [-0.3, -0.25) is 14.4 Å². The van der Waals surface area contributed by atoms with Crippen molar-refractivity contribution in [2.24, 2.45) is 5.41 Å². The van der Waals surface area contributed by atoms with Crippen molar-refractivity contribution in [1.82, 2.24) is 20.5 Å². The molecule has 2 heterocycles. The number of hydrogen-bond donors (Lipinski definition) is 3. The molecule has 2 fully saturated rings. The average molecular weight is 499 g/mol. The summed E-state index contributed by atoms with van der Waals surface area (Å²) in [6, 6.07) is 8.62. The van der Waals surface area contributed by atoms with Gasteiger partial charge in [-0.05, 0) is 53.4 Å². The van der Waals surface area contributed by atoms with Crippen molar-refractivity contribution in [3.63, 3.8) is 0 Å². The molecule has 188 valence electrons. The molecular formula is C26H34N4O4S. The fourth-order valence-electron chi connectivity index (χ4n) is 5.36. The van der Waals surface area contributed by atoms with E-state index < -0.39 is 23.5 Å². The summed E-state index contributed by atoms with van der Waals surface area (Å²) in [7, 11) is 0. The molecule has 2 aliphatic rings. The first-order valence-corrected chi connectivity index (χ1v) is 13.0. The van der Waals surface area contributed by atoms with Crippen LogP contribution in [-0.4, -0.2) is 63.0 Å². The smallest absolute Gasteiger partial charge is 0.311 e. The third-order valence-electron chi connectivity index (χ3n) is 7.00. The van der Waals surface area contributed by atoms with E-state index in [2.05, 4.69) is 36.4 Å². The number of likely N-dealkylation sites (tertiary alicyclic amines) is 1. The lowest BCUT2D eigenvalue weighted by atomic mass is 9.68. The Labute approximate surface area is 210 Å². The van der Waals surface area contributed by atoms with Crippen LogP contribution in [0.3, 0.4) is 0 Å². The van der Waals surface area contributed by atoms with Gasteiger partial charge in [0, 0.05) is 35.1 Å². The van der Waals surface area contributed by atoms with Crippen molar-refractivity contribution in [3.05, 3.63) is 41.4 Å². The van der Waals surface area contributed by atoms with Gasteiger partial charge in [0.1, 0.15) is 16.7 Å². The standard InChI is InChI=1S/C26H34N4O4S/c1-25(2,3)29-17-10-11-20(26(4,14-17)24(33)34)30-13-12-18(23(30)32)27-21(31)19-15-35-22(28-19)16-8-6-5-7-9-16/h5-9,15,17-18,20,29H,10-14H2,1-4H3,(H,27,31)(H,33,34)/t17?,18-,20?,26?/m0/s1. The molecule has 2 aromatic rings. The van der Waals surface area contributed by atoms with Gasteiger partial charge in [-0.25, -0.2) is 4.98 Å². The number of carbonyl (C=O) groups excluding carboxylic acids is 2. The molecular weight excluding hydrogens is 464 g/mol.